The molecule has 0 unspecified atom stereocenters. The molecule has 1 aromatic rings. The molecule has 0 amide bonds. The highest BCUT2D eigenvalue weighted by molar-refractivity contribution is 14.0. The Morgan fingerprint density at radius 2 is 2.08 bits per heavy atom. The molecule has 1 aromatic carbocycles. The van der Waals surface area contributed by atoms with Gasteiger partial charge in [0.15, 0.2) is 5.96 Å². The predicted molar refractivity (Wildman–Crippen MR) is 114 cm³/mol. The van der Waals surface area contributed by atoms with E-state index in [1.807, 2.05) is 24.0 Å². The average Bonchev–Trinajstić information content (AvgIpc) is 2.61. The van der Waals surface area contributed by atoms with Gasteiger partial charge in [0, 0.05) is 33.3 Å². The van der Waals surface area contributed by atoms with Crippen LogP contribution in [0.2, 0.25) is 0 Å². The van der Waals surface area contributed by atoms with E-state index < -0.39 is 0 Å². The van der Waals surface area contributed by atoms with Crippen LogP contribution in [-0.4, -0.2) is 57.1 Å². The Kier molecular flexibility index (Phi) is 10.8. The zero-order chi connectivity index (χ0) is 18.1. The van der Waals surface area contributed by atoms with Gasteiger partial charge in [-0.15, -0.1) is 24.0 Å². The highest BCUT2D eigenvalue weighted by atomic mass is 127. The molecule has 0 radical (unpaired) electrons. The van der Waals surface area contributed by atoms with E-state index in [4.69, 9.17) is 4.74 Å². The molecule has 0 aliphatic carbocycles. The Bertz CT molecular complexity index is 566. The fraction of sp³-hybridized carbons (Fsp3) is 0.611. The van der Waals surface area contributed by atoms with Crippen molar-refractivity contribution < 1.29 is 14.2 Å². The van der Waals surface area contributed by atoms with Gasteiger partial charge >= 0.3 is 0 Å². The van der Waals surface area contributed by atoms with Crippen LogP contribution in [0, 0.1) is 5.82 Å². The Hall–Kier alpha value is -1.13. The lowest BCUT2D eigenvalue weighted by atomic mass is 10.1. The maximum absolute atomic E-state index is 14.5. The summed E-state index contributed by atoms with van der Waals surface area (Å²) in [7, 11) is 1.65. The first-order valence-electron chi connectivity index (χ1n) is 8.86. The van der Waals surface area contributed by atoms with Gasteiger partial charge in [0.05, 0.1) is 24.9 Å². The summed E-state index contributed by atoms with van der Waals surface area (Å²) in [6, 6.07) is 5.26. The highest BCUT2D eigenvalue weighted by Crippen LogP contribution is 2.24. The van der Waals surface area contributed by atoms with Gasteiger partial charge in [-0.25, -0.2) is 9.38 Å². The van der Waals surface area contributed by atoms with Crippen molar-refractivity contribution in [3.8, 4) is 0 Å². The van der Waals surface area contributed by atoms with E-state index in [0.29, 0.717) is 57.3 Å². The molecule has 1 heterocycles. The van der Waals surface area contributed by atoms with Crippen molar-refractivity contribution in [2.75, 3.05) is 44.8 Å². The number of methoxy groups -OCH3 is 1. The summed E-state index contributed by atoms with van der Waals surface area (Å²) in [5, 5.41) is 15.9. The van der Waals surface area contributed by atoms with Crippen molar-refractivity contribution in [2.24, 2.45) is 4.99 Å². The SMILES string of the molecule is CCNC(=NCc1ccc(N2CCC(O)CC2)c(F)c1)NCCOC.I. The second-order valence-corrected chi connectivity index (χ2v) is 6.12. The van der Waals surface area contributed by atoms with E-state index in [1.54, 1.807) is 13.2 Å². The smallest absolute Gasteiger partial charge is 0.191 e. The molecule has 148 valence electrons. The number of hydrogen-bond acceptors (Lipinski definition) is 4. The van der Waals surface area contributed by atoms with E-state index in [0.717, 1.165) is 12.1 Å². The molecule has 0 saturated carbocycles. The minimum Gasteiger partial charge on any atom is -0.393 e. The van der Waals surface area contributed by atoms with Crippen molar-refractivity contribution in [1.29, 1.82) is 0 Å². The quantitative estimate of drug-likeness (QED) is 0.242. The van der Waals surface area contributed by atoms with E-state index in [-0.39, 0.29) is 35.9 Å². The highest BCUT2D eigenvalue weighted by Gasteiger charge is 2.19. The zero-order valence-electron chi connectivity index (χ0n) is 15.5. The Labute approximate surface area is 172 Å². The van der Waals surface area contributed by atoms with Crippen LogP contribution >= 0.6 is 24.0 Å². The van der Waals surface area contributed by atoms with Gasteiger partial charge in [-0.2, -0.15) is 0 Å². The van der Waals surface area contributed by atoms with E-state index in [2.05, 4.69) is 15.6 Å². The largest absolute Gasteiger partial charge is 0.393 e. The summed E-state index contributed by atoms with van der Waals surface area (Å²) in [4.78, 5) is 6.47. The van der Waals surface area contributed by atoms with Gasteiger partial charge in [0.2, 0.25) is 0 Å². The second kappa shape index (κ2) is 12.3. The molecule has 1 fully saturated rings. The number of aliphatic imine (C=N–C) groups is 1. The first-order chi connectivity index (χ1) is 12.1. The summed E-state index contributed by atoms with van der Waals surface area (Å²) >= 11 is 0. The molecule has 0 bridgehead atoms. The molecule has 0 atom stereocenters. The number of rotatable bonds is 7. The van der Waals surface area contributed by atoms with Gasteiger partial charge in [0.25, 0.3) is 0 Å². The minimum atomic E-state index is -0.261. The zero-order valence-corrected chi connectivity index (χ0v) is 17.8. The second-order valence-electron chi connectivity index (χ2n) is 6.12. The summed E-state index contributed by atoms with van der Waals surface area (Å²) in [6.45, 7) is 5.78. The van der Waals surface area contributed by atoms with Crippen LogP contribution in [0.5, 0.6) is 0 Å². The summed E-state index contributed by atoms with van der Waals surface area (Å²) in [5.41, 5.74) is 1.42. The lowest BCUT2D eigenvalue weighted by Crippen LogP contribution is -2.38. The molecule has 1 saturated heterocycles. The van der Waals surface area contributed by atoms with Crippen LogP contribution in [0.1, 0.15) is 25.3 Å². The number of aliphatic hydroxyl groups is 1. The number of anilines is 1. The summed E-state index contributed by atoms with van der Waals surface area (Å²) in [5.74, 6) is 0.454. The van der Waals surface area contributed by atoms with E-state index in [1.165, 1.54) is 0 Å². The molecule has 26 heavy (non-hydrogen) atoms. The number of nitrogens with zero attached hydrogens (tertiary/aromatic N) is 2. The Balaban J connectivity index is 0.00000338. The lowest BCUT2D eigenvalue weighted by molar-refractivity contribution is 0.145. The third-order valence-electron chi connectivity index (χ3n) is 4.18. The third kappa shape index (κ3) is 7.24. The number of halogens is 2. The number of hydrogen-bond donors (Lipinski definition) is 3. The predicted octanol–water partition coefficient (Wildman–Crippen LogP) is 2.11. The van der Waals surface area contributed by atoms with E-state index >= 15 is 0 Å². The molecule has 1 aliphatic heterocycles. The van der Waals surface area contributed by atoms with E-state index in [9.17, 15) is 9.50 Å². The molecule has 2 rings (SSSR count). The number of aliphatic hydroxyl groups excluding tert-OH is 1. The molecular weight excluding hydrogens is 450 g/mol. The minimum absolute atomic E-state index is 0. The number of nitrogens with one attached hydrogen (secondary N) is 2. The molecule has 3 N–H and O–H groups in total. The topological polar surface area (TPSA) is 69.1 Å². The van der Waals surface area contributed by atoms with Crippen LogP contribution in [0.15, 0.2) is 23.2 Å². The Morgan fingerprint density at radius 1 is 1.35 bits per heavy atom. The normalized spacial score (nSPS) is 15.5. The van der Waals surface area contributed by atoms with Gasteiger partial charge in [-0.3, -0.25) is 0 Å². The standard InChI is InChI=1S/C18H29FN4O2.HI/c1-3-20-18(21-8-11-25-2)22-13-14-4-5-17(16(19)12-14)23-9-6-15(24)7-10-23;/h4-5,12,15,24H,3,6-11,13H2,1-2H3,(H2,20,21,22);1H. The number of ether oxygens (including phenoxy) is 1. The van der Waals surface area contributed by atoms with Crippen LogP contribution in [0.4, 0.5) is 10.1 Å². The number of benzene rings is 1. The van der Waals surface area contributed by atoms with Crippen LogP contribution in [0.3, 0.4) is 0 Å². The molecule has 0 spiro atoms. The lowest BCUT2D eigenvalue weighted by Gasteiger charge is -2.31. The average molecular weight is 480 g/mol. The van der Waals surface area contributed by atoms with Crippen LogP contribution < -0.4 is 15.5 Å². The molecular formula is C18H30FIN4O2. The number of piperidine rings is 1. The van der Waals surface area contributed by atoms with Gasteiger partial charge in [0.1, 0.15) is 5.82 Å². The van der Waals surface area contributed by atoms with Crippen molar-refractivity contribution in [1.82, 2.24) is 10.6 Å². The molecule has 0 aromatic heterocycles. The first-order valence-corrected chi connectivity index (χ1v) is 8.86. The molecule has 1 aliphatic rings. The van der Waals surface area contributed by atoms with Gasteiger partial charge in [-0.05, 0) is 37.5 Å². The van der Waals surface area contributed by atoms with Crippen molar-refractivity contribution in [3.63, 3.8) is 0 Å². The van der Waals surface area contributed by atoms with Crippen LogP contribution in [-0.2, 0) is 11.3 Å². The number of guanidine groups is 1. The maximum Gasteiger partial charge on any atom is 0.191 e. The molecule has 6 nitrogen and oxygen atoms in total. The van der Waals surface area contributed by atoms with Crippen molar-refractivity contribution in [3.05, 3.63) is 29.6 Å². The van der Waals surface area contributed by atoms with Crippen LogP contribution in [0.25, 0.3) is 0 Å². The fourth-order valence-electron chi connectivity index (χ4n) is 2.80. The summed E-state index contributed by atoms with van der Waals surface area (Å²) in [6.07, 6.45) is 1.11. The maximum atomic E-state index is 14.5. The summed E-state index contributed by atoms with van der Waals surface area (Å²) < 4.78 is 19.5. The van der Waals surface area contributed by atoms with Gasteiger partial charge < -0.3 is 25.4 Å². The van der Waals surface area contributed by atoms with Crippen molar-refractivity contribution >= 4 is 35.6 Å². The van der Waals surface area contributed by atoms with Crippen molar-refractivity contribution in [2.45, 2.75) is 32.4 Å². The Morgan fingerprint density at radius 3 is 2.69 bits per heavy atom. The monoisotopic (exact) mass is 480 g/mol. The third-order valence-corrected chi connectivity index (χ3v) is 4.18. The fourth-order valence-corrected chi connectivity index (χ4v) is 2.80. The van der Waals surface area contributed by atoms with Gasteiger partial charge in [-0.1, -0.05) is 6.07 Å². The molecule has 8 heteroatoms. The first kappa shape index (κ1) is 22.9.